The van der Waals surface area contributed by atoms with E-state index in [0.29, 0.717) is 18.9 Å². The highest BCUT2D eigenvalue weighted by Crippen LogP contribution is 2.05. The molecule has 0 bridgehead atoms. The predicted molar refractivity (Wildman–Crippen MR) is 54.5 cm³/mol. The molecule has 1 rings (SSSR count). The summed E-state index contributed by atoms with van der Waals surface area (Å²) < 4.78 is 0. The van der Waals surface area contributed by atoms with Crippen LogP contribution < -0.4 is 5.32 Å². The maximum atomic E-state index is 11.4. The molecule has 1 aromatic rings. The van der Waals surface area contributed by atoms with Crippen molar-refractivity contribution in [3.8, 4) is 0 Å². The van der Waals surface area contributed by atoms with E-state index in [-0.39, 0.29) is 5.91 Å². The van der Waals surface area contributed by atoms with Crippen LogP contribution in [0.25, 0.3) is 0 Å². The highest BCUT2D eigenvalue weighted by molar-refractivity contribution is 5.75. The quantitative estimate of drug-likeness (QED) is 0.747. The van der Waals surface area contributed by atoms with Crippen LogP contribution in [0.5, 0.6) is 0 Å². The number of imidazole rings is 1. The molecule has 0 aromatic carbocycles. The van der Waals surface area contributed by atoms with E-state index < -0.39 is 0 Å². The van der Waals surface area contributed by atoms with Crippen molar-refractivity contribution in [2.75, 3.05) is 0 Å². The summed E-state index contributed by atoms with van der Waals surface area (Å²) in [6.07, 6.45) is 5.05. The van der Waals surface area contributed by atoms with Gasteiger partial charge in [0.05, 0.1) is 6.54 Å². The van der Waals surface area contributed by atoms with Crippen LogP contribution in [0.1, 0.15) is 32.5 Å². The molecule has 78 valence electrons. The number of carbonyl (C=O) groups excluding carboxylic acids is 1. The number of nitrogens with zero attached hydrogens (tertiary/aromatic N) is 1. The molecule has 0 saturated carbocycles. The summed E-state index contributed by atoms with van der Waals surface area (Å²) in [6, 6.07) is 0. The predicted octanol–water partition coefficient (Wildman–Crippen LogP) is 1.46. The van der Waals surface area contributed by atoms with E-state index in [1.54, 1.807) is 12.4 Å². The van der Waals surface area contributed by atoms with Gasteiger partial charge in [0.25, 0.3) is 0 Å². The van der Waals surface area contributed by atoms with Gasteiger partial charge in [-0.1, -0.05) is 20.3 Å². The molecule has 0 fully saturated rings. The second-order valence-corrected chi connectivity index (χ2v) is 3.53. The summed E-state index contributed by atoms with van der Waals surface area (Å²) in [5.41, 5.74) is 0. The summed E-state index contributed by atoms with van der Waals surface area (Å²) >= 11 is 0. The minimum atomic E-state index is 0.0933. The first kappa shape index (κ1) is 10.8. The summed E-state index contributed by atoms with van der Waals surface area (Å²) in [6.45, 7) is 4.65. The maximum absolute atomic E-state index is 11.4. The summed E-state index contributed by atoms with van der Waals surface area (Å²) in [4.78, 5) is 18.3. The molecule has 0 aliphatic heterocycles. The highest BCUT2D eigenvalue weighted by Gasteiger charge is 2.06. The second-order valence-electron chi connectivity index (χ2n) is 3.53. The van der Waals surface area contributed by atoms with Gasteiger partial charge >= 0.3 is 0 Å². The van der Waals surface area contributed by atoms with E-state index in [4.69, 9.17) is 0 Å². The zero-order chi connectivity index (χ0) is 10.4. The van der Waals surface area contributed by atoms with E-state index in [0.717, 1.165) is 12.2 Å². The Hall–Kier alpha value is -1.32. The minimum absolute atomic E-state index is 0.0933. The van der Waals surface area contributed by atoms with Crippen LogP contribution in [0, 0.1) is 5.92 Å². The molecule has 0 saturated heterocycles. The zero-order valence-corrected chi connectivity index (χ0v) is 8.71. The third-order valence-electron chi connectivity index (χ3n) is 2.24. The van der Waals surface area contributed by atoms with E-state index in [1.165, 1.54) is 0 Å². The lowest BCUT2D eigenvalue weighted by Crippen LogP contribution is -2.24. The molecule has 1 aromatic heterocycles. The van der Waals surface area contributed by atoms with Gasteiger partial charge in [-0.15, -0.1) is 0 Å². The van der Waals surface area contributed by atoms with Crippen molar-refractivity contribution in [1.29, 1.82) is 0 Å². The maximum Gasteiger partial charge on any atom is 0.220 e. The molecule has 4 heteroatoms. The summed E-state index contributed by atoms with van der Waals surface area (Å²) in [5.74, 6) is 1.34. The number of carbonyl (C=O) groups is 1. The average Bonchev–Trinajstić information content (AvgIpc) is 2.67. The molecule has 0 radical (unpaired) electrons. The van der Waals surface area contributed by atoms with Crippen molar-refractivity contribution < 1.29 is 4.79 Å². The lowest BCUT2D eigenvalue weighted by atomic mass is 10.1. The Balaban J connectivity index is 2.22. The molecule has 1 heterocycles. The first-order valence-electron chi connectivity index (χ1n) is 4.97. The molecule has 1 unspecified atom stereocenters. The first-order valence-corrected chi connectivity index (χ1v) is 4.97. The number of hydrogen-bond donors (Lipinski definition) is 2. The average molecular weight is 195 g/mol. The lowest BCUT2D eigenvalue weighted by Gasteiger charge is -2.07. The van der Waals surface area contributed by atoms with Crippen molar-refractivity contribution in [2.24, 2.45) is 5.92 Å². The van der Waals surface area contributed by atoms with Gasteiger partial charge in [-0.2, -0.15) is 0 Å². The Morgan fingerprint density at radius 1 is 1.71 bits per heavy atom. The minimum Gasteiger partial charge on any atom is -0.349 e. The van der Waals surface area contributed by atoms with Crippen LogP contribution in [-0.2, 0) is 11.3 Å². The van der Waals surface area contributed by atoms with Crippen LogP contribution >= 0.6 is 0 Å². The van der Waals surface area contributed by atoms with Gasteiger partial charge in [0.1, 0.15) is 5.82 Å². The fourth-order valence-corrected chi connectivity index (χ4v) is 1.11. The number of nitrogens with one attached hydrogen (secondary N) is 2. The number of rotatable bonds is 5. The number of aromatic amines is 1. The summed E-state index contributed by atoms with van der Waals surface area (Å²) in [7, 11) is 0. The second kappa shape index (κ2) is 5.42. The van der Waals surface area contributed by atoms with Crippen LogP contribution in [0.3, 0.4) is 0 Å². The molecule has 14 heavy (non-hydrogen) atoms. The number of hydrogen-bond acceptors (Lipinski definition) is 2. The van der Waals surface area contributed by atoms with Crippen LogP contribution in [0.2, 0.25) is 0 Å². The fraction of sp³-hybridized carbons (Fsp3) is 0.600. The number of amides is 1. The summed E-state index contributed by atoms with van der Waals surface area (Å²) in [5, 5.41) is 2.82. The van der Waals surface area contributed by atoms with E-state index in [9.17, 15) is 4.79 Å². The third kappa shape index (κ3) is 3.60. The van der Waals surface area contributed by atoms with Crippen LogP contribution in [0.15, 0.2) is 12.4 Å². The molecule has 2 N–H and O–H groups in total. The Kier molecular flexibility index (Phi) is 4.16. The van der Waals surface area contributed by atoms with Crippen molar-refractivity contribution >= 4 is 5.91 Å². The van der Waals surface area contributed by atoms with Gasteiger partial charge in [-0.25, -0.2) is 4.98 Å². The molecular formula is C10H17N3O. The van der Waals surface area contributed by atoms with Crippen LogP contribution in [-0.4, -0.2) is 15.9 Å². The molecule has 4 nitrogen and oxygen atoms in total. The molecule has 0 aliphatic carbocycles. The lowest BCUT2D eigenvalue weighted by molar-refractivity contribution is -0.122. The van der Waals surface area contributed by atoms with Gasteiger partial charge in [-0.3, -0.25) is 4.79 Å². The Morgan fingerprint density at radius 3 is 3.07 bits per heavy atom. The standard InChI is InChI=1S/C10H17N3O/c1-3-8(2)6-10(14)13-7-9-11-4-5-12-9/h4-5,8H,3,6-7H2,1-2H3,(H,11,12)(H,13,14). The fourth-order valence-electron chi connectivity index (χ4n) is 1.11. The molecule has 0 aliphatic rings. The van der Waals surface area contributed by atoms with E-state index >= 15 is 0 Å². The van der Waals surface area contributed by atoms with E-state index in [2.05, 4.69) is 29.1 Å². The van der Waals surface area contributed by atoms with Gasteiger partial charge in [0.2, 0.25) is 5.91 Å². The largest absolute Gasteiger partial charge is 0.349 e. The molecule has 1 amide bonds. The molecule has 1 atom stereocenters. The number of H-pyrrole nitrogens is 1. The Bertz CT molecular complexity index is 269. The van der Waals surface area contributed by atoms with Crippen molar-refractivity contribution in [3.05, 3.63) is 18.2 Å². The van der Waals surface area contributed by atoms with Gasteiger partial charge in [-0.05, 0) is 5.92 Å². The zero-order valence-electron chi connectivity index (χ0n) is 8.71. The first-order chi connectivity index (χ1) is 6.72. The molecule has 0 spiro atoms. The SMILES string of the molecule is CCC(C)CC(=O)NCc1ncc[nH]1. The van der Waals surface area contributed by atoms with Crippen molar-refractivity contribution in [2.45, 2.75) is 33.2 Å². The van der Waals surface area contributed by atoms with E-state index in [1.807, 2.05) is 0 Å². The third-order valence-corrected chi connectivity index (χ3v) is 2.24. The van der Waals surface area contributed by atoms with Crippen LogP contribution in [0.4, 0.5) is 0 Å². The highest BCUT2D eigenvalue weighted by atomic mass is 16.1. The van der Waals surface area contributed by atoms with Gasteiger partial charge < -0.3 is 10.3 Å². The Morgan fingerprint density at radius 2 is 2.50 bits per heavy atom. The normalized spacial score (nSPS) is 12.4. The van der Waals surface area contributed by atoms with Gasteiger partial charge in [0, 0.05) is 18.8 Å². The smallest absolute Gasteiger partial charge is 0.220 e. The monoisotopic (exact) mass is 195 g/mol. The van der Waals surface area contributed by atoms with Crippen molar-refractivity contribution in [1.82, 2.24) is 15.3 Å². The number of aromatic nitrogens is 2. The van der Waals surface area contributed by atoms with Crippen molar-refractivity contribution in [3.63, 3.8) is 0 Å². The Labute approximate surface area is 84.1 Å². The topological polar surface area (TPSA) is 57.8 Å². The van der Waals surface area contributed by atoms with Gasteiger partial charge in [0.15, 0.2) is 0 Å². The molecular weight excluding hydrogens is 178 g/mol.